The van der Waals surface area contributed by atoms with Crippen molar-refractivity contribution in [3.05, 3.63) is 35.4 Å². The highest BCUT2D eigenvalue weighted by atomic mass is 19.1. The summed E-state index contributed by atoms with van der Waals surface area (Å²) in [6.45, 7) is 4.98. The first kappa shape index (κ1) is 17.2. The van der Waals surface area contributed by atoms with Crippen molar-refractivity contribution in [2.75, 3.05) is 0 Å². The number of carboxylic acids is 1. The van der Waals surface area contributed by atoms with Crippen LogP contribution in [-0.4, -0.2) is 33.7 Å². The first-order chi connectivity index (χ1) is 10.6. The fourth-order valence-corrected chi connectivity index (χ4v) is 2.29. The predicted molar refractivity (Wildman–Crippen MR) is 77.8 cm³/mol. The Balaban J connectivity index is 2.40. The molecule has 1 amide bonds. The molecule has 1 aliphatic carbocycles. The van der Waals surface area contributed by atoms with Gasteiger partial charge in [-0.3, -0.25) is 4.90 Å². The van der Waals surface area contributed by atoms with Gasteiger partial charge >= 0.3 is 12.1 Å². The van der Waals surface area contributed by atoms with Gasteiger partial charge in [-0.2, -0.15) is 0 Å². The van der Waals surface area contributed by atoms with Crippen LogP contribution in [0.5, 0.6) is 0 Å². The van der Waals surface area contributed by atoms with Crippen LogP contribution in [0, 0.1) is 11.6 Å². The highest BCUT2D eigenvalue weighted by Gasteiger charge is 2.43. The average Bonchev–Trinajstić information content (AvgIpc) is 3.15. The van der Waals surface area contributed by atoms with Gasteiger partial charge in [0.15, 0.2) is 6.04 Å². The van der Waals surface area contributed by atoms with Crippen LogP contribution in [-0.2, 0) is 9.53 Å². The number of amides is 1. The van der Waals surface area contributed by atoms with Crippen molar-refractivity contribution >= 4 is 12.1 Å². The quantitative estimate of drug-likeness (QED) is 0.919. The van der Waals surface area contributed by atoms with Crippen LogP contribution >= 0.6 is 0 Å². The highest BCUT2D eigenvalue weighted by molar-refractivity contribution is 5.82. The number of carbonyl (C=O) groups is 2. The third kappa shape index (κ3) is 4.40. The molecule has 0 aliphatic heterocycles. The average molecular weight is 327 g/mol. The molecule has 5 nitrogen and oxygen atoms in total. The number of halogens is 2. The van der Waals surface area contributed by atoms with E-state index in [1.54, 1.807) is 20.8 Å². The largest absolute Gasteiger partial charge is 0.479 e. The minimum absolute atomic E-state index is 0.132. The summed E-state index contributed by atoms with van der Waals surface area (Å²) in [5, 5.41) is 9.51. The van der Waals surface area contributed by atoms with E-state index in [0.717, 1.165) is 17.0 Å². The monoisotopic (exact) mass is 327 g/mol. The Labute approximate surface area is 132 Å². The first-order valence-corrected chi connectivity index (χ1v) is 7.28. The lowest BCUT2D eigenvalue weighted by Gasteiger charge is -2.31. The van der Waals surface area contributed by atoms with Gasteiger partial charge in [0.05, 0.1) is 0 Å². The van der Waals surface area contributed by atoms with E-state index >= 15 is 0 Å². The number of benzene rings is 1. The molecule has 126 valence electrons. The molecule has 1 aliphatic rings. The molecule has 1 aromatic rings. The Morgan fingerprint density at radius 1 is 1.22 bits per heavy atom. The van der Waals surface area contributed by atoms with Crippen LogP contribution in [0.25, 0.3) is 0 Å². The number of carboxylic acid groups (broad SMARTS) is 1. The van der Waals surface area contributed by atoms with Crippen molar-refractivity contribution in [3.8, 4) is 0 Å². The molecule has 2 rings (SSSR count). The van der Waals surface area contributed by atoms with Crippen LogP contribution in [0.1, 0.15) is 45.2 Å². The van der Waals surface area contributed by atoms with E-state index < -0.39 is 35.3 Å². The molecule has 1 unspecified atom stereocenters. The maximum atomic E-state index is 13.4. The van der Waals surface area contributed by atoms with Gasteiger partial charge in [-0.1, -0.05) is 0 Å². The van der Waals surface area contributed by atoms with Crippen molar-refractivity contribution in [2.24, 2.45) is 0 Å². The van der Waals surface area contributed by atoms with Gasteiger partial charge in [0, 0.05) is 12.1 Å². The molecule has 0 bridgehead atoms. The summed E-state index contributed by atoms with van der Waals surface area (Å²) < 4.78 is 32.1. The maximum absolute atomic E-state index is 13.4. The summed E-state index contributed by atoms with van der Waals surface area (Å²) in [6, 6.07) is 0.681. The second-order valence-electron chi connectivity index (χ2n) is 6.56. The van der Waals surface area contributed by atoms with Crippen LogP contribution in [0.15, 0.2) is 18.2 Å². The predicted octanol–water partition coefficient (Wildman–Crippen LogP) is 3.49. The molecule has 0 spiro atoms. The Bertz CT molecular complexity index is 603. The van der Waals surface area contributed by atoms with E-state index in [1.807, 2.05) is 0 Å². The van der Waals surface area contributed by atoms with Crippen molar-refractivity contribution in [2.45, 2.75) is 51.3 Å². The lowest BCUT2D eigenvalue weighted by Crippen LogP contribution is -2.43. The summed E-state index contributed by atoms with van der Waals surface area (Å²) in [5.41, 5.74) is -0.937. The van der Waals surface area contributed by atoms with Crippen LogP contribution < -0.4 is 0 Å². The van der Waals surface area contributed by atoms with Gasteiger partial charge < -0.3 is 9.84 Å². The molecule has 1 atom stereocenters. The second kappa shape index (κ2) is 6.14. The van der Waals surface area contributed by atoms with E-state index in [-0.39, 0.29) is 11.6 Å². The lowest BCUT2D eigenvalue weighted by molar-refractivity contribution is -0.143. The van der Waals surface area contributed by atoms with Crippen molar-refractivity contribution in [1.82, 2.24) is 4.90 Å². The van der Waals surface area contributed by atoms with E-state index in [0.29, 0.717) is 18.9 Å². The number of nitrogens with zero attached hydrogens (tertiary/aromatic N) is 1. The Morgan fingerprint density at radius 3 is 2.13 bits per heavy atom. The molecule has 0 aromatic heterocycles. The van der Waals surface area contributed by atoms with Gasteiger partial charge in [-0.15, -0.1) is 0 Å². The minimum atomic E-state index is -1.50. The van der Waals surface area contributed by atoms with Crippen LogP contribution in [0.3, 0.4) is 0 Å². The second-order valence-corrected chi connectivity index (χ2v) is 6.56. The standard InChI is InChI=1S/C16H19F2NO4/c1-16(2,3)23-15(22)19(12-4-5-12)13(14(20)21)9-6-10(17)8-11(18)7-9/h6-8,12-13H,4-5H2,1-3H3,(H,20,21). The number of rotatable bonds is 4. The number of ether oxygens (including phenoxy) is 1. The lowest BCUT2D eigenvalue weighted by atomic mass is 10.0. The van der Waals surface area contributed by atoms with Gasteiger partial charge in [-0.05, 0) is 51.3 Å². The van der Waals surface area contributed by atoms with Gasteiger partial charge in [0.2, 0.25) is 0 Å². The van der Waals surface area contributed by atoms with Gasteiger partial charge in [-0.25, -0.2) is 18.4 Å². The zero-order valence-corrected chi connectivity index (χ0v) is 13.2. The highest BCUT2D eigenvalue weighted by Crippen LogP contribution is 2.36. The number of hydrogen-bond donors (Lipinski definition) is 1. The van der Waals surface area contributed by atoms with E-state index in [9.17, 15) is 23.5 Å². The summed E-state index contributed by atoms with van der Waals surface area (Å²) in [5.74, 6) is -3.16. The summed E-state index contributed by atoms with van der Waals surface area (Å²) in [6.07, 6.45) is 0.443. The number of aliphatic carboxylic acids is 1. The topological polar surface area (TPSA) is 66.8 Å². The molecular formula is C16H19F2NO4. The number of carbonyl (C=O) groups excluding carboxylic acids is 1. The minimum Gasteiger partial charge on any atom is -0.479 e. The fourth-order valence-electron chi connectivity index (χ4n) is 2.29. The van der Waals surface area contributed by atoms with Crippen molar-refractivity contribution in [1.29, 1.82) is 0 Å². The molecule has 1 N–H and O–H groups in total. The molecule has 23 heavy (non-hydrogen) atoms. The summed E-state index contributed by atoms with van der Waals surface area (Å²) in [7, 11) is 0. The normalized spacial score (nSPS) is 15.9. The Morgan fingerprint density at radius 2 is 1.74 bits per heavy atom. The van der Waals surface area contributed by atoms with Crippen molar-refractivity contribution < 1.29 is 28.2 Å². The summed E-state index contributed by atoms with van der Waals surface area (Å²) >= 11 is 0. The SMILES string of the molecule is CC(C)(C)OC(=O)N(C1CC1)C(C(=O)O)c1cc(F)cc(F)c1. The molecule has 1 fully saturated rings. The number of hydrogen-bond acceptors (Lipinski definition) is 3. The molecular weight excluding hydrogens is 308 g/mol. The third-order valence-corrected chi connectivity index (χ3v) is 3.26. The van der Waals surface area contributed by atoms with Gasteiger partial charge in [0.1, 0.15) is 17.2 Å². The molecule has 1 saturated carbocycles. The van der Waals surface area contributed by atoms with E-state index in [2.05, 4.69) is 0 Å². The maximum Gasteiger partial charge on any atom is 0.411 e. The molecule has 7 heteroatoms. The first-order valence-electron chi connectivity index (χ1n) is 7.28. The molecule has 0 saturated heterocycles. The van der Waals surface area contributed by atoms with Crippen LogP contribution in [0.4, 0.5) is 13.6 Å². The Hall–Kier alpha value is -2.18. The summed E-state index contributed by atoms with van der Waals surface area (Å²) in [4.78, 5) is 25.1. The smallest absolute Gasteiger partial charge is 0.411 e. The fraction of sp³-hybridized carbons (Fsp3) is 0.500. The molecule has 1 aromatic carbocycles. The van der Waals surface area contributed by atoms with E-state index in [4.69, 9.17) is 4.74 Å². The third-order valence-electron chi connectivity index (χ3n) is 3.26. The Kier molecular flexibility index (Phi) is 4.58. The van der Waals surface area contributed by atoms with Gasteiger partial charge in [0.25, 0.3) is 0 Å². The molecule has 0 heterocycles. The van der Waals surface area contributed by atoms with E-state index in [1.165, 1.54) is 0 Å². The van der Waals surface area contributed by atoms with Crippen molar-refractivity contribution in [3.63, 3.8) is 0 Å². The van der Waals surface area contributed by atoms with Crippen LogP contribution in [0.2, 0.25) is 0 Å². The zero-order chi connectivity index (χ0) is 17.4. The molecule has 0 radical (unpaired) electrons. The zero-order valence-electron chi connectivity index (χ0n) is 13.2.